The Kier molecular flexibility index (Phi) is 5.34. The van der Waals surface area contributed by atoms with Crippen LogP contribution in [0.3, 0.4) is 0 Å². The zero-order valence-corrected chi connectivity index (χ0v) is 24.0. The molecule has 2 bridgehead atoms. The minimum Gasteiger partial charge on any atom is -0.484 e. The van der Waals surface area contributed by atoms with Gasteiger partial charge in [0.1, 0.15) is 23.0 Å². The quantitative estimate of drug-likeness (QED) is 0.260. The molecule has 0 radical (unpaired) electrons. The molecule has 2 unspecified atom stereocenters. The third kappa shape index (κ3) is 3.22. The third-order valence-electron chi connectivity index (χ3n) is 10.1. The van der Waals surface area contributed by atoms with Crippen molar-refractivity contribution in [2.24, 2.45) is 10.8 Å². The summed E-state index contributed by atoms with van der Waals surface area (Å²) in [7, 11) is 0. The summed E-state index contributed by atoms with van der Waals surface area (Å²) in [5.74, 6) is -0.878. The average molecular weight is 570 g/mol. The number of rotatable bonds is 3. The first-order valence-corrected chi connectivity index (χ1v) is 14.1. The Balaban J connectivity index is 1.46. The summed E-state index contributed by atoms with van der Waals surface area (Å²) in [6, 6.07) is 16.4. The van der Waals surface area contributed by atoms with Gasteiger partial charge in [-0.05, 0) is 33.6 Å². The topological polar surface area (TPSA) is 125 Å². The first-order valence-electron chi connectivity index (χ1n) is 14.1. The molecule has 1 saturated heterocycles. The Morgan fingerprint density at radius 3 is 2.24 bits per heavy atom. The van der Waals surface area contributed by atoms with Gasteiger partial charge in [-0.25, -0.2) is 14.6 Å². The summed E-state index contributed by atoms with van der Waals surface area (Å²) >= 11 is 0. The number of hydrogen-bond donors (Lipinski definition) is 1. The predicted molar refractivity (Wildman–Crippen MR) is 153 cm³/mol. The maximum absolute atomic E-state index is 14.1. The molecular formula is C33H31NO8. The highest BCUT2D eigenvalue weighted by molar-refractivity contribution is 6.09. The van der Waals surface area contributed by atoms with Crippen molar-refractivity contribution < 1.29 is 33.3 Å². The summed E-state index contributed by atoms with van der Waals surface area (Å²) < 4.78 is 24.3. The molecular weight excluding hydrogens is 538 g/mol. The van der Waals surface area contributed by atoms with Crippen LogP contribution in [0.5, 0.6) is 5.75 Å². The normalized spacial score (nSPS) is 28.8. The third-order valence-corrected chi connectivity index (χ3v) is 10.1. The van der Waals surface area contributed by atoms with Crippen LogP contribution in [-0.2, 0) is 19.1 Å². The molecule has 0 amide bonds. The lowest BCUT2D eigenvalue weighted by Crippen LogP contribution is -2.53. The maximum atomic E-state index is 14.1. The van der Waals surface area contributed by atoms with E-state index in [2.05, 4.69) is 0 Å². The van der Waals surface area contributed by atoms with E-state index in [1.807, 2.05) is 51.1 Å². The lowest BCUT2D eigenvalue weighted by atomic mass is 9.66. The lowest BCUT2D eigenvalue weighted by Gasteiger charge is -2.43. The first-order chi connectivity index (χ1) is 19.8. The lowest BCUT2D eigenvalue weighted by molar-refractivity contribution is -0.199. The van der Waals surface area contributed by atoms with Gasteiger partial charge in [0.25, 0.3) is 0 Å². The number of carbonyl (C=O) groups excluding carboxylic acids is 2. The monoisotopic (exact) mass is 569 g/mol. The second kappa shape index (κ2) is 8.41. The Morgan fingerprint density at radius 1 is 0.929 bits per heavy atom. The second-order valence-corrected chi connectivity index (χ2v) is 12.8. The van der Waals surface area contributed by atoms with Crippen LogP contribution in [0, 0.1) is 10.8 Å². The summed E-state index contributed by atoms with van der Waals surface area (Å²) in [6.07, 6.45) is -1.90. The fourth-order valence-corrected chi connectivity index (χ4v) is 6.93. The van der Waals surface area contributed by atoms with Gasteiger partial charge in [0.15, 0.2) is 17.4 Å². The van der Waals surface area contributed by atoms with Crippen molar-refractivity contribution in [3.8, 4) is 17.0 Å². The van der Waals surface area contributed by atoms with Gasteiger partial charge in [0.05, 0.1) is 11.0 Å². The standard InChI is InChI=1S/C33H31NO8/c1-30(2)26(35)25(40-29(38)33-16-15-32(5,28(37)42-33)31(33,3)4)20-23(41-30)19-14-10-9-13-18(19)22-24(20)39-27(36)21(34-22)17-11-7-6-8-12-17/h6-14,25-26,35H,15-16H2,1-5H3/t25?,26?,32-,33+/m0/s1. The zero-order chi connectivity index (χ0) is 29.8. The molecule has 1 N–H and O–H groups in total. The fourth-order valence-electron chi connectivity index (χ4n) is 6.93. The van der Waals surface area contributed by atoms with Crippen molar-refractivity contribution in [3.05, 3.63) is 70.6 Å². The number of benzene rings is 3. The summed E-state index contributed by atoms with van der Waals surface area (Å²) in [5.41, 5.74) is -3.78. The largest absolute Gasteiger partial charge is 0.484 e. The van der Waals surface area contributed by atoms with Crippen molar-refractivity contribution >= 4 is 33.8 Å². The molecule has 1 aliphatic carbocycles. The van der Waals surface area contributed by atoms with Crippen molar-refractivity contribution in [1.82, 2.24) is 4.98 Å². The summed E-state index contributed by atoms with van der Waals surface area (Å²) in [6.45, 7) is 8.86. The van der Waals surface area contributed by atoms with Crippen molar-refractivity contribution in [1.29, 1.82) is 0 Å². The number of nitrogens with zero attached hydrogens (tertiary/aromatic N) is 1. The molecule has 2 aliphatic heterocycles. The van der Waals surface area contributed by atoms with Gasteiger partial charge < -0.3 is 23.7 Å². The van der Waals surface area contributed by atoms with Crippen LogP contribution in [0.2, 0.25) is 0 Å². The number of aliphatic hydroxyl groups is 1. The van der Waals surface area contributed by atoms with Gasteiger partial charge in [0, 0.05) is 21.8 Å². The molecule has 42 heavy (non-hydrogen) atoms. The number of aromatic nitrogens is 1. The first kappa shape index (κ1) is 26.6. The van der Waals surface area contributed by atoms with Crippen LogP contribution in [0.15, 0.2) is 63.8 Å². The van der Waals surface area contributed by atoms with Crippen LogP contribution in [-0.4, -0.2) is 39.3 Å². The van der Waals surface area contributed by atoms with Crippen molar-refractivity contribution in [2.45, 2.75) is 70.9 Å². The number of fused-ring (bicyclic) bond motifs is 8. The highest BCUT2D eigenvalue weighted by atomic mass is 16.6. The molecule has 0 spiro atoms. The van der Waals surface area contributed by atoms with E-state index in [1.54, 1.807) is 38.1 Å². The predicted octanol–water partition coefficient (Wildman–Crippen LogP) is 5.25. The molecule has 9 nitrogen and oxygen atoms in total. The van der Waals surface area contributed by atoms with Crippen LogP contribution in [0.1, 0.15) is 59.1 Å². The van der Waals surface area contributed by atoms with E-state index in [0.717, 1.165) is 0 Å². The molecule has 4 atom stereocenters. The molecule has 2 fully saturated rings. The molecule has 3 aromatic carbocycles. The van der Waals surface area contributed by atoms with E-state index >= 15 is 0 Å². The number of ether oxygens (including phenoxy) is 3. The smallest absolute Gasteiger partial charge is 0.363 e. The van der Waals surface area contributed by atoms with E-state index in [-0.39, 0.29) is 16.8 Å². The fraction of sp³-hybridized carbons (Fsp3) is 0.394. The van der Waals surface area contributed by atoms with E-state index in [9.17, 15) is 19.5 Å². The maximum Gasteiger partial charge on any atom is 0.363 e. The number of carbonyl (C=O) groups is 2. The van der Waals surface area contributed by atoms with Crippen LogP contribution < -0.4 is 10.4 Å². The SMILES string of the molecule is CC1(C)Oc2c(c3oc(=O)c(-c4ccccc4)nc3c3ccccc23)C(OC(=O)[C@@]23CC[C@@](C)(C(=O)O2)C3(C)C)C1O. The Morgan fingerprint density at radius 2 is 1.60 bits per heavy atom. The molecule has 7 rings (SSSR count). The number of hydrogen-bond acceptors (Lipinski definition) is 9. The van der Waals surface area contributed by atoms with Gasteiger partial charge in [-0.15, -0.1) is 0 Å². The minimum absolute atomic E-state index is 0.0529. The van der Waals surface area contributed by atoms with Crippen LogP contribution >= 0.6 is 0 Å². The van der Waals surface area contributed by atoms with Gasteiger partial charge >= 0.3 is 17.6 Å². The molecule has 3 aliphatic rings. The minimum atomic E-state index is -1.52. The zero-order valence-electron chi connectivity index (χ0n) is 24.0. The van der Waals surface area contributed by atoms with Gasteiger partial charge in [-0.2, -0.15) is 0 Å². The molecule has 3 heterocycles. The molecule has 1 aromatic heterocycles. The Hall–Kier alpha value is -4.24. The van der Waals surface area contributed by atoms with Crippen LogP contribution in [0.4, 0.5) is 0 Å². The molecule has 4 aromatic rings. The van der Waals surface area contributed by atoms with E-state index in [4.69, 9.17) is 23.6 Å². The van der Waals surface area contributed by atoms with Gasteiger partial charge in [-0.1, -0.05) is 68.4 Å². The number of esters is 2. The van der Waals surface area contributed by atoms with Crippen molar-refractivity contribution in [3.63, 3.8) is 0 Å². The second-order valence-electron chi connectivity index (χ2n) is 12.8. The number of aliphatic hydroxyl groups excluding tert-OH is 1. The summed E-state index contributed by atoms with van der Waals surface area (Å²) in [5, 5.41) is 12.9. The molecule has 9 heteroatoms. The van der Waals surface area contributed by atoms with E-state index < -0.39 is 51.8 Å². The van der Waals surface area contributed by atoms with E-state index in [1.165, 1.54) is 0 Å². The average Bonchev–Trinajstić information content (AvgIpc) is 3.26. The van der Waals surface area contributed by atoms with Crippen molar-refractivity contribution in [2.75, 3.05) is 0 Å². The van der Waals surface area contributed by atoms with E-state index in [0.29, 0.717) is 40.4 Å². The van der Waals surface area contributed by atoms with Crippen LogP contribution in [0.25, 0.3) is 33.1 Å². The highest BCUT2D eigenvalue weighted by Crippen LogP contribution is 2.66. The Labute approximate surface area is 241 Å². The summed E-state index contributed by atoms with van der Waals surface area (Å²) in [4.78, 5) is 45.1. The highest BCUT2D eigenvalue weighted by Gasteiger charge is 2.76. The molecule has 216 valence electrons. The Bertz CT molecular complexity index is 1880. The molecule has 1 saturated carbocycles. The van der Waals surface area contributed by atoms with Gasteiger partial charge in [0.2, 0.25) is 5.60 Å². The van der Waals surface area contributed by atoms with Gasteiger partial charge in [-0.3, -0.25) is 4.79 Å².